The van der Waals surface area contributed by atoms with Crippen molar-refractivity contribution in [2.24, 2.45) is 0 Å². The zero-order chi connectivity index (χ0) is 18.4. The molecular weight excluding hydrogens is 350 g/mol. The van der Waals surface area contributed by atoms with E-state index >= 15 is 0 Å². The lowest BCUT2D eigenvalue weighted by Gasteiger charge is -2.15. The monoisotopic (exact) mass is 376 g/mol. The summed E-state index contributed by atoms with van der Waals surface area (Å²) in [5.74, 6) is 1.49. The summed E-state index contributed by atoms with van der Waals surface area (Å²) < 4.78 is 10.7. The summed E-state index contributed by atoms with van der Waals surface area (Å²) in [6.45, 7) is 2.67. The van der Waals surface area contributed by atoms with Gasteiger partial charge in [0.1, 0.15) is 11.5 Å². The molecule has 2 aromatic rings. The van der Waals surface area contributed by atoms with Crippen LogP contribution in [0.1, 0.15) is 25.7 Å². The van der Waals surface area contributed by atoms with Gasteiger partial charge in [-0.25, -0.2) is 4.98 Å². The molecule has 1 aromatic carbocycles. The summed E-state index contributed by atoms with van der Waals surface area (Å²) in [7, 11) is 3.26. The Hall–Kier alpha value is -2.12. The van der Waals surface area contributed by atoms with E-state index < -0.39 is 0 Å². The molecule has 1 saturated heterocycles. The Bertz CT molecular complexity index is 739. The molecule has 1 aromatic heterocycles. The predicted octanol–water partition coefficient (Wildman–Crippen LogP) is 2.22. The molecule has 3 rings (SSSR count). The van der Waals surface area contributed by atoms with Gasteiger partial charge in [-0.05, 0) is 43.9 Å². The van der Waals surface area contributed by atoms with Crippen LogP contribution in [0.25, 0.3) is 11.3 Å². The summed E-state index contributed by atoms with van der Waals surface area (Å²) >= 11 is 1.42. The van der Waals surface area contributed by atoms with E-state index in [1.807, 2.05) is 23.6 Å². The Balaban J connectivity index is 1.67. The number of thiazole rings is 1. The zero-order valence-electron chi connectivity index (χ0n) is 15.3. The smallest absolute Gasteiger partial charge is 0.281 e. The Morgan fingerprint density at radius 3 is 2.65 bits per heavy atom. The van der Waals surface area contributed by atoms with Gasteiger partial charge in [0, 0.05) is 10.9 Å². The quantitative estimate of drug-likeness (QED) is 0.811. The first-order valence-corrected chi connectivity index (χ1v) is 9.89. The Kier molecular flexibility index (Phi) is 6.46. The van der Waals surface area contributed by atoms with E-state index in [1.54, 1.807) is 14.2 Å². The van der Waals surface area contributed by atoms with Gasteiger partial charge in [-0.2, -0.15) is 0 Å². The van der Waals surface area contributed by atoms with Gasteiger partial charge in [-0.15, -0.1) is 11.3 Å². The van der Waals surface area contributed by atoms with E-state index in [4.69, 9.17) is 9.47 Å². The van der Waals surface area contributed by atoms with Crippen molar-refractivity contribution in [3.8, 4) is 22.8 Å². The Morgan fingerprint density at radius 2 is 1.96 bits per heavy atom. The average Bonchev–Trinajstić information content (AvgIpc) is 2.96. The minimum Gasteiger partial charge on any atom is -0.497 e. The fourth-order valence-corrected chi connectivity index (χ4v) is 3.99. The summed E-state index contributed by atoms with van der Waals surface area (Å²) in [5.41, 5.74) is 1.62. The van der Waals surface area contributed by atoms with Crippen molar-refractivity contribution in [2.45, 2.75) is 25.7 Å². The van der Waals surface area contributed by atoms with Crippen LogP contribution in [0, 0.1) is 0 Å². The molecule has 2 N–H and O–H groups in total. The molecule has 0 atom stereocenters. The van der Waals surface area contributed by atoms with Crippen LogP contribution >= 0.6 is 11.3 Å². The number of ether oxygens (including phenoxy) is 2. The SMILES string of the molecule is COc1ccc(OC)c(-c2csc(NC(=O)C[NH+]3CCCCCC3)n2)c1. The molecule has 0 radical (unpaired) electrons. The molecule has 26 heavy (non-hydrogen) atoms. The van der Waals surface area contributed by atoms with Crippen LogP contribution in [0.3, 0.4) is 0 Å². The molecule has 0 saturated carbocycles. The van der Waals surface area contributed by atoms with Gasteiger partial charge in [0.15, 0.2) is 11.7 Å². The topological polar surface area (TPSA) is 64.9 Å². The minimum absolute atomic E-state index is 0.0282. The van der Waals surface area contributed by atoms with Gasteiger partial charge in [-0.3, -0.25) is 10.1 Å². The number of amides is 1. The maximum absolute atomic E-state index is 12.4. The van der Waals surface area contributed by atoms with E-state index in [2.05, 4.69) is 10.3 Å². The van der Waals surface area contributed by atoms with Crippen molar-refractivity contribution < 1.29 is 19.2 Å². The predicted molar refractivity (Wildman–Crippen MR) is 103 cm³/mol. The Labute approximate surface area is 158 Å². The number of hydrogen-bond donors (Lipinski definition) is 2. The van der Waals surface area contributed by atoms with Crippen LogP contribution in [0.2, 0.25) is 0 Å². The van der Waals surface area contributed by atoms with Gasteiger partial charge in [-0.1, -0.05) is 0 Å². The maximum Gasteiger partial charge on any atom is 0.281 e. The second kappa shape index (κ2) is 9.00. The van der Waals surface area contributed by atoms with Gasteiger partial charge >= 0.3 is 0 Å². The van der Waals surface area contributed by atoms with Gasteiger partial charge < -0.3 is 14.4 Å². The highest BCUT2D eigenvalue weighted by Gasteiger charge is 2.18. The van der Waals surface area contributed by atoms with Gasteiger partial charge in [0.25, 0.3) is 5.91 Å². The van der Waals surface area contributed by atoms with Gasteiger partial charge in [0.05, 0.1) is 33.0 Å². The number of carbonyl (C=O) groups excluding carboxylic acids is 1. The number of aromatic nitrogens is 1. The van der Waals surface area contributed by atoms with Crippen LogP contribution < -0.4 is 19.7 Å². The largest absolute Gasteiger partial charge is 0.497 e. The average molecular weight is 377 g/mol. The molecule has 6 nitrogen and oxygen atoms in total. The van der Waals surface area contributed by atoms with E-state index in [0.717, 1.165) is 35.8 Å². The van der Waals surface area contributed by atoms with Crippen LogP contribution in [-0.2, 0) is 4.79 Å². The molecule has 0 bridgehead atoms. The van der Waals surface area contributed by atoms with Crippen LogP contribution in [0.15, 0.2) is 23.6 Å². The third-order valence-electron chi connectivity index (χ3n) is 4.65. The fourth-order valence-electron chi connectivity index (χ4n) is 3.26. The number of methoxy groups -OCH3 is 2. The highest BCUT2D eigenvalue weighted by Crippen LogP contribution is 2.34. The molecule has 0 spiro atoms. The first kappa shape index (κ1) is 18.7. The molecule has 1 amide bonds. The van der Waals surface area contributed by atoms with Crippen molar-refractivity contribution in [3.63, 3.8) is 0 Å². The number of nitrogens with zero attached hydrogens (tertiary/aromatic N) is 1. The second-order valence-corrected chi connectivity index (χ2v) is 7.35. The number of benzene rings is 1. The van der Waals surface area contributed by atoms with E-state index in [1.165, 1.54) is 41.9 Å². The van der Waals surface area contributed by atoms with Crippen LogP contribution in [0.5, 0.6) is 11.5 Å². The van der Waals surface area contributed by atoms with Crippen LogP contribution in [0.4, 0.5) is 5.13 Å². The van der Waals surface area contributed by atoms with E-state index in [0.29, 0.717) is 11.7 Å². The fraction of sp³-hybridized carbons (Fsp3) is 0.474. The number of likely N-dealkylation sites (tertiary alicyclic amines) is 1. The molecule has 0 unspecified atom stereocenters. The number of nitrogens with one attached hydrogen (secondary N) is 2. The number of carbonyl (C=O) groups is 1. The summed E-state index contributed by atoms with van der Waals surface area (Å²) in [6, 6.07) is 5.59. The molecule has 1 aliphatic rings. The molecule has 7 heteroatoms. The lowest BCUT2D eigenvalue weighted by molar-refractivity contribution is -0.890. The normalized spacial score (nSPS) is 15.3. The molecule has 1 aliphatic heterocycles. The Morgan fingerprint density at radius 1 is 1.19 bits per heavy atom. The lowest BCUT2D eigenvalue weighted by atomic mass is 10.1. The number of rotatable bonds is 6. The third kappa shape index (κ3) is 4.74. The number of anilines is 1. The first-order chi connectivity index (χ1) is 12.7. The van der Waals surface area contributed by atoms with Crippen molar-refractivity contribution in [3.05, 3.63) is 23.6 Å². The number of hydrogen-bond acceptors (Lipinski definition) is 5. The highest BCUT2D eigenvalue weighted by molar-refractivity contribution is 7.14. The summed E-state index contributed by atoms with van der Waals surface area (Å²) in [4.78, 5) is 18.3. The van der Waals surface area contributed by atoms with Crippen molar-refractivity contribution in [2.75, 3.05) is 39.2 Å². The zero-order valence-corrected chi connectivity index (χ0v) is 16.2. The van der Waals surface area contributed by atoms with Gasteiger partial charge in [0.2, 0.25) is 0 Å². The van der Waals surface area contributed by atoms with Crippen LogP contribution in [-0.4, -0.2) is 44.7 Å². The molecular formula is C19H26N3O3S+. The molecule has 2 heterocycles. The van der Waals surface area contributed by atoms with Crippen molar-refractivity contribution >= 4 is 22.4 Å². The minimum atomic E-state index is 0.0282. The summed E-state index contributed by atoms with van der Waals surface area (Å²) in [6.07, 6.45) is 4.98. The van der Waals surface area contributed by atoms with Crippen molar-refractivity contribution in [1.82, 2.24) is 4.98 Å². The first-order valence-electron chi connectivity index (χ1n) is 9.01. The summed E-state index contributed by atoms with van der Waals surface area (Å²) in [5, 5.41) is 5.48. The highest BCUT2D eigenvalue weighted by atomic mass is 32.1. The third-order valence-corrected chi connectivity index (χ3v) is 5.41. The van der Waals surface area contributed by atoms with E-state index in [9.17, 15) is 4.79 Å². The lowest BCUT2D eigenvalue weighted by Crippen LogP contribution is -3.12. The molecule has 140 valence electrons. The standard InChI is InChI=1S/C19H25N3O3S/c1-24-14-7-8-17(25-2)15(11-14)16-13-26-19(20-16)21-18(23)12-22-9-5-3-4-6-10-22/h7-8,11,13H,3-6,9-10,12H2,1-2H3,(H,20,21,23)/p+1. The number of quaternary nitrogens is 1. The molecule has 1 fully saturated rings. The van der Waals surface area contributed by atoms with Crippen molar-refractivity contribution in [1.29, 1.82) is 0 Å². The maximum atomic E-state index is 12.4. The second-order valence-electron chi connectivity index (χ2n) is 6.49. The molecule has 0 aliphatic carbocycles. The van der Waals surface area contributed by atoms with E-state index in [-0.39, 0.29) is 5.91 Å².